The second-order valence-corrected chi connectivity index (χ2v) is 15.4. The van der Waals surface area contributed by atoms with Gasteiger partial charge in [-0.25, -0.2) is 0 Å². The molecule has 0 aromatic heterocycles. The molecule has 224 valence electrons. The molecular weight excluding hydrogens is 565 g/mol. The van der Waals surface area contributed by atoms with Gasteiger partial charge in [0, 0.05) is 21.2 Å². The van der Waals surface area contributed by atoms with Gasteiger partial charge >= 0.3 is 0 Å². The van der Waals surface area contributed by atoms with Crippen molar-refractivity contribution < 1.29 is 14.0 Å². The van der Waals surface area contributed by atoms with Crippen molar-refractivity contribution in [1.82, 2.24) is 4.31 Å². The largest absolute Gasteiger partial charge is 0.597 e. The van der Waals surface area contributed by atoms with Crippen molar-refractivity contribution in [2.75, 3.05) is 0 Å². The maximum Gasteiger partial charge on any atom is 0.137 e. The molecule has 7 nitrogen and oxygen atoms in total. The molecule has 3 aromatic carbocycles. The summed E-state index contributed by atoms with van der Waals surface area (Å²) in [6, 6.07) is 27.6. The maximum absolute atomic E-state index is 14.1. The fraction of sp³-hybridized carbons (Fsp3) is 0.455. The first-order valence-electron chi connectivity index (χ1n) is 14.3. The van der Waals surface area contributed by atoms with Crippen molar-refractivity contribution >= 4 is 23.1 Å². The summed E-state index contributed by atoms with van der Waals surface area (Å²) < 4.78 is 29.3. The number of aryl methyl sites for hydroxylation is 1. The summed E-state index contributed by atoms with van der Waals surface area (Å²) in [5.74, 6) is 0. The van der Waals surface area contributed by atoms with Crippen LogP contribution < -0.4 is 0 Å². The molecule has 42 heavy (non-hydrogen) atoms. The first-order valence-corrected chi connectivity index (χ1v) is 16.3. The Labute approximate surface area is 257 Å². The Balaban J connectivity index is 1.72. The summed E-state index contributed by atoms with van der Waals surface area (Å²) >= 11 is 0.207. The van der Waals surface area contributed by atoms with E-state index < -0.39 is 39.3 Å². The normalized spacial score (nSPS) is 24.1. The van der Waals surface area contributed by atoms with Gasteiger partial charge < -0.3 is 14.0 Å². The number of azide groups is 1. The van der Waals surface area contributed by atoms with Crippen LogP contribution in [0, 0.1) is 6.92 Å². The predicted octanol–water partition coefficient (Wildman–Crippen LogP) is 8.21. The molecule has 1 fully saturated rings. The highest BCUT2D eigenvalue weighted by atomic mass is 32.2. The molecule has 1 unspecified atom stereocenters. The van der Waals surface area contributed by atoms with Crippen LogP contribution in [0.3, 0.4) is 0 Å². The van der Waals surface area contributed by atoms with Crippen molar-refractivity contribution in [2.24, 2.45) is 5.11 Å². The van der Waals surface area contributed by atoms with Crippen LogP contribution >= 0.6 is 11.8 Å². The smallest absolute Gasteiger partial charge is 0.137 e. The van der Waals surface area contributed by atoms with Gasteiger partial charge in [0.15, 0.2) is 0 Å². The highest BCUT2D eigenvalue weighted by molar-refractivity contribution is 7.99. The molecule has 0 bridgehead atoms. The van der Waals surface area contributed by atoms with Crippen molar-refractivity contribution in [3.05, 3.63) is 112 Å². The standard InChI is InChI=1S/C33H42N4O3S2/c1-24-17-19-28(20-18-24)41-31-29(35-36-34)21-30(39-23-27-15-11-8-12-16-27)33(6,40-31)25(2)37(42(38)32(3,4)5)22-26-13-9-7-10-14-26/h7-20,25,29-31H,21-23H2,1-6H3/t25-,29+,30-,31-,33+,42?/m0/s1. The van der Waals surface area contributed by atoms with Crippen LogP contribution in [0.25, 0.3) is 10.4 Å². The second-order valence-electron chi connectivity index (χ2n) is 12.0. The van der Waals surface area contributed by atoms with Crippen LogP contribution in [0.2, 0.25) is 0 Å². The van der Waals surface area contributed by atoms with E-state index in [2.05, 4.69) is 67.2 Å². The molecule has 0 N–H and O–H groups in total. The highest BCUT2D eigenvalue weighted by Crippen LogP contribution is 2.44. The molecule has 1 aliphatic heterocycles. The minimum atomic E-state index is -1.34. The first-order chi connectivity index (χ1) is 20.0. The fourth-order valence-corrected chi connectivity index (χ4v) is 7.71. The van der Waals surface area contributed by atoms with E-state index in [0.29, 0.717) is 19.6 Å². The van der Waals surface area contributed by atoms with Crippen LogP contribution in [0.5, 0.6) is 0 Å². The number of hydrogen-bond donors (Lipinski definition) is 0. The predicted molar refractivity (Wildman–Crippen MR) is 172 cm³/mol. The van der Waals surface area contributed by atoms with Crippen molar-refractivity contribution in [3.8, 4) is 0 Å². The van der Waals surface area contributed by atoms with E-state index in [9.17, 15) is 10.1 Å². The molecule has 9 heteroatoms. The number of nitrogens with zero attached hydrogens (tertiary/aromatic N) is 4. The molecule has 1 saturated heterocycles. The zero-order valence-corrected chi connectivity index (χ0v) is 27.0. The zero-order chi connectivity index (χ0) is 30.3. The quantitative estimate of drug-likeness (QED) is 0.0949. The van der Waals surface area contributed by atoms with Crippen molar-refractivity contribution in [2.45, 2.75) is 100.0 Å². The van der Waals surface area contributed by atoms with Gasteiger partial charge in [-0.3, -0.25) is 0 Å². The minimum Gasteiger partial charge on any atom is -0.597 e. The Hall–Kier alpha value is -2.49. The Morgan fingerprint density at radius 3 is 2.24 bits per heavy atom. The number of benzene rings is 3. The van der Waals surface area contributed by atoms with E-state index in [1.807, 2.05) is 73.6 Å². The molecule has 0 amide bonds. The molecule has 0 aliphatic carbocycles. The number of hydrogen-bond acceptors (Lipinski definition) is 6. The van der Waals surface area contributed by atoms with Gasteiger partial charge in [0.05, 0.1) is 31.3 Å². The Kier molecular flexibility index (Phi) is 11.1. The van der Waals surface area contributed by atoms with E-state index in [4.69, 9.17) is 9.47 Å². The van der Waals surface area contributed by atoms with E-state index in [-0.39, 0.29) is 6.04 Å². The molecule has 1 heterocycles. The van der Waals surface area contributed by atoms with Gasteiger partial charge in [-0.05, 0) is 76.8 Å². The third-order valence-corrected chi connectivity index (χ3v) is 10.8. The third kappa shape index (κ3) is 8.11. The van der Waals surface area contributed by atoms with Gasteiger partial charge in [0.2, 0.25) is 0 Å². The molecule has 0 spiro atoms. The SMILES string of the molecule is Cc1ccc(S[C@@H]2O[C@](C)([C@H](C)N(Cc3ccccc3)[S+]([O-])C(C)(C)C)[C@@H](OCc3ccccc3)C[C@H]2N=[N+]=[N-])cc1. The summed E-state index contributed by atoms with van der Waals surface area (Å²) in [5.41, 5.74) is 11.4. The summed E-state index contributed by atoms with van der Waals surface area (Å²) in [7, 11) is 0. The maximum atomic E-state index is 14.1. The lowest BCUT2D eigenvalue weighted by atomic mass is 9.84. The van der Waals surface area contributed by atoms with Gasteiger partial charge in [0.25, 0.3) is 0 Å². The zero-order valence-electron chi connectivity index (χ0n) is 25.3. The van der Waals surface area contributed by atoms with Crippen LogP contribution in [-0.2, 0) is 34.0 Å². The summed E-state index contributed by atoms with van der Waals surface area (Å²) in [6.07, 6.45) is 0.0519. The molecule has 1 aliphatic rings. The first kappa shape index (κ1) is 32.4. The van der Waals surface area contributed by atoms with Crippen molar-refractivity contribution in [3.63, 3.8) is 0 Å². The average Bonchev–Trinajstić information content (AvgIpc) is 2.97. The molecule has 3 aromatic rings. The molecule has 4 rings (SSSR count). The molecule has 6 atom stereocenters. The van der Waals surface area contributed by atoms with E-state index in [1.54, 1.807) is 11.8 Å². The summed E-state index contributed by atoms with van der Waals surface area (Å²) in [6.45, 7) is 13.0. The molecular formula is C33H42N4O3S2. The van der Waals surface area contributed by atoms with Crippen LogP contribution in [-0.4, -0.2) is 42.8 Å². The Bertz CT molecular complexity index is 1320. The molecule has 0 saturated carbocycles. The minimum absolute atomic E-state index is 0.313. The summed E-state index contributed by atoms with van der Waals surface area (Å²) in [4.78, 5) is 4.21. The fourth-order valence-electron chi connectivity index (χ4n) is 5.10. The number of ether oxygens (including phenoxy) is 2. The number of thioether (sulfide) groups is 1. The van der Waals surface area contributed by atoms with E-state index >= 15 is 0 Å². The van der Waals surface area contributed by atoms with Crippen LogP contribution in [0.4, 0.5) is 0 Å². The lowest BCUT2D eigenvalue weighted by molar-refractivity contribution is -0.204. The Morgan fingerprint density at radius 1 is 1.07 bits per heavy atom. The monoisotopic (exact) mass is 606 g/mol. The highest BCUT2D eigenvalue weighted by Gasteiger charge is 2.54. The van der Waals surface area contributed by atoms with Gasteiger partial charge in [-0.2, -0.15) is 0 Å². The van der Waals surface area contributed by atoms with Gasteiger partial charge in [-0.1, -0.05) is 95.2 Å². The summed E-state index contributed by atoms with van der Waals surface area (Å²) in [5, 5.41) is 4.18. The average molecular weight is 607 g/mol. The topological polar surface area (TPSA) is 93.5 Å². The molecule has 0 radical (unpaired) electrons. The second kappa shape index (κ2) is 14.3. The van der Waals surface area contributed by atoms with Gasteiger partial charge in [-0.15, -0.1) is 4.31 Å². The third-order valence-electron chi connectivity index (χ3n) is 7.73. The van der Waals surface area contributed by atoms with E-state index in [0.717, 1.165) is 16.0 Å². The lowest BCUT2D eigenvalue weighted by Crippen LogP contribution is -2.65. The van der Waals surface area contributed by atoms with E-state index in [1.165, 1.54) is 5.56 Å². The Morgan fingerprint density at radius 2 is 1.67 bits per heavy atom. The van der Waals surface area contributed by atoms with Crippen LogP contribution in [0.1, 0.15) is 57.7 Å². The van der Waals surface area contributed by atoms with Crippen LogP contribution in [0.15, 0.2) is 94.9 Å². The van der Waals surface area contributed by atoms with Crippen molar-refractivity contribution in [1.29, 1.82) is 0 Å². The lowest BCUT2D eigenvalue weighted by Gasteiger charge is -2.52. The van der Waals surface area contributed by atoms with Gasteiger partial charge in [0.1, 0.15) is 15.8 Å². The number of rotatable bonds is 11.